The van der Waals surface area contributed by atoms with E-state index in [2.05, 4.69) is 15.6 Å². The molecule has 134 valence electrons. The van der Waals surface area contributed by atoms with Crippen LogP contribution in [-0.2, 0) is 11.3 Å². The minimum Gasteiger partial charge on any atom is -0.491 e. The molecule has 0 atom stereocenters. The van der Waals surface area contributed by atoms with Crippen molar-refractivity contribution >= 4 is 16.8 Å². The van der Waals surface area contributed by atoms with Crippen molar-refractivity contribution < 1.29 is 9.53 Å². The highest BCUT2D eigenvalue weighted by molar-refractivity contribution is 5.77. The van der Waals surface area contributed by atoms with Crippen molar-refractivity contribution in [1.82, 2.24) is 20.3 Å². The molecule has 1 aromatic heterocycles. The summed E-state index contributed by atoms with van der Waals surface area (Å²) in [6.07, 6.45) is 0.150. The van der Waals surface area contributed by atoms with Gasteiger partial charge in [-0.25, -0.2) is 4.68 Å². The van der Waals surface area contributed by atoms with E-state index in [4.69, 9.17) is 4.74 Å². The SMILES string of the molecule is Cc1ccccc1OCCNC(=O)CCn1nnc2ccccc2c1=O. The fourth-order valence-electron chi connectivity index (χ4n) is 2.54. The maximum absolute atomic E-state index is 12.3. The zero-order chi connectivity index (χ0) is 18.4. The second-order valence-electron chi connectivity index (χ2n) is 5.85. The van der Waals surface area contributed by atoms with Gasteiger partial charge in [-0.15, -0.1) is 5.10 Å². The summed E-state index contributed by atoms with van der Waals surface area (Å²) < 4.78 is 6.84. The Morgan fingerprint density at radius 2 is 1.92 bits per heavy atom. The molecular formula is C19H20N4O3. The van der Waals surface area contributed by atoms with Gasteiger partial charge in [-0.2, -0.15) is 0 Å². The molecule has 7 heteroatoms. The van der Waals surface area contributed by atoms with Crippen molar-refractivity contribution in [2.45, 2.75) is 19.9 Å². The van der Waals surface area contributed by atoms with Crippen molar-refractivity contribution in [3.63, 3.8) is 0 Å². The van der Waals surface area contributed by atoms with Gasteiger partial charge in [0, 0.05) is 6.42 Å². The van der Waals surface area contributed by atoms with Gasteiger partial charge in [0.1, 0.15) is 17.9 Å². The Balaban J connectivity index is 1.46. The summed E-state index contributed by atoms with van der Waals surface area (Å²) >= 11 is 0. The van der Waals surface area contributed by atoms with Crippen LogP contribution in [0.1, 0.15) is 12.0 Å². The summed E-state index contributed by atoms with van der Waals surface area (Å²) in [5, 5.41) is 11.1. The molecule has 0 saturated carbocycles. The van der Waals surface area contributed by atoms with Gasteiger partial charge >= 0.3 is 0 Å². The van der Waals surface area contributed by atoms with E-state index >= 15 is 0 Å². The number of aryl methyl sites for hydroxylation is 2. The van der Waals surface area contributed by atoms with Crippen LogP contribution in [0.3, 0.4) is 0 Å². The van der Waals surface area contributed by atoms with Crippen molar-refractivity contribution in [3.05, 3.63) is 64.4 Å². The van der Waals surface area contributed by atoms with Gasteiger partial charge in [0.25, 0.3) is 5.56 Å². The largest absolute Gasteiger partial charge is 0.491 e. The van der Waals surface area contributed by atoms with Gasteiger partial charge in [0.05, 0.1) is 18.5 Å². The summed E-state index contributed by atoms with van der Waals surface area (Å²) in [6, 6.07) is 14.7. The molecule has 0 fully saturated rings. The van der Waals surface area contributed by atoms with E-state index in [1.54, 1.807) is 24.3 Å². The maximum Gasteiger partial charge on any atom is 0.277 e. The Morgan fingerprint density at radius 3 is 2.77 bits per heavy atom. The lowest BCUT2D eigenvalue weighted by molar-refractivity contribution is -0.121. The van der Waals surface area contributed by atoms with Crippen molar-refractivity contribution in [2.75, 3.05) is 13.2 Å². The molecule has 3 aromatic rings. The molecule has 0 spiro atoms. The molecule has 3 rings (SSSR count). The Bertz CT molecular complexity index is 968. The van der Waals surface area contributed by atoms with Crippen molar-refractivity contribution in [1.29, 1.82) is 0 Å². The van der Waals surface area contributed by atoms with E-state index < -0.39 is 0 Å². The summed E-state index contributed by atoms with van der Waals surface area (Å²) in [5.41, 5.74) is 1.35. The lowest BCUT2D eigenvalue weighted by atomic mass is 10.2. The lowest BCUT2D eigenvalue weighted by Gasteiger charge is -2.10. The molecule has 7 nitrogen and oxygen atoms in total. The molecule has 26 heavy (non-hydrogen) atoms. The predicted molar refractivity (Wildman–Crippen MR) is 98.1 cm³/mol. The highest BCUT2D eigenvalue weighted by atomic mass is 16.5. The Hall–Kier alpha value is -3.22. The average molecular weight is 352 g/mol. The van der Waals surface area contributed by atoms with Crippen molar-refractivity contribution in [2.24, 2.45) is 0 Å². The van der Waals surface area contributed by atoms with Gasteiger partial charge in [-0.1, -0.05) is 35.5 Å². The van der Waals surface area contributed by atoms with Crippen LogP contribution in [0.2, 0.25) is 0 Å². The molecule has 0 aliphatic rings. The minimum atomic E-state index is -0.244. The standard InChI is InChI=1S/C19H20N4O3/c1-14-6-2-5-9-17(14)26-13-11-20-18(24)10-12-23-19(25)15-7-3-4-8-16(15)21-22-23/h2-9H,10-13H2,1H3,(H,20,24). The topological polar surface area (TPSA) is 86.1 Å². The fourth-order valence-corrected chi connectivity index (χ4v) is 2.54. The molecule has 0 radical (unpaired) electrons. The number of nitrogens with zero attached hydrogens (tertiary/aromatic N) is 3. The number of nitrogens with one attached hydrogen (secondary N) is 1. The minimum absolute atomic E-state index is 0.150. The molecule has 0 unspecified atom stereocenters. The zero-order valence-corrected chi connectivity index (χ0v) is 14.5. The highest BCUT2D eigenvalue weighted by Crippen LogP contribution is 2.15. The quantitative estimate of drug-likeness (QED) is 0.654. The molecule has 0 aliphatic heterocycles. The first-order chi connectivity index (χ1) is 12.6. The summed E-state index contributed by atoms with van der Waals surface area (Å²) in [7, 11) is 0. The molecule has 0 aliphatic carbocycles. The molecule has 1 N–H and O–H groups in total. The normalized spacial score (nSPS) is 10.7. The van der Waals surface area contributed by atoms with E-state index in [1.165, 1.54) is 4.68 Å². The number of carbonyl (C=O) groups excluding carboxylic acids is 1. The number of carbonyl (C=O) groups is 1. The summed E-state index contributed by atoms with van der Waals surface area (Å²) in [5.74, 6) is 0.639. The molecule has 0 bridgehead atoms. The number of para-hydroxylation sites is 1. The van der Waals surface area contributed by atoms with Crippen LogP contribution < -0.4 is 15.6 Å². The first-order valence-corrected chi connectivity index (χ1v) is 8.43. The predicted octanol–water partition coefficient (Wildman–Crippen LogP) is 1.69. The molecule has 1 amide bonds. The third-order valence-corrected chi connectivity index (χ3v) is 3.96. The highest BCUT2D eigenvalue weighted by Gasteiger charge is 2.07. The molecule has 2 aromatic carbocycles. The number of benzene rings is 2. The molecule has 1 heterocycles. The van der Waals surface area contributed by atoms with Gasteiger partial charge < -0.3 is 10.1 Å². The van der Waals surface area contributed by atoms with Gasteiger partial charge in [-0.3, -0.25) is 9.59 Å². The van der Waals surface area contributed by atoms with E-state index in [0.717, 1.165) is 11.3 Å². The molecular weight excluding hydrogens is 332 g/mol. The lowest BCUT2D eigenvalue weighted by Crippen LogP contribution is -2.31. The first-order valence-electron chi connectivity index (χ1n) is 8.43. The van der Waals surface area contributed by atoms with E-state index in [-0.39, 0.29) is 24.4 Å². The van der Waals surface area contributed by atoms with E-state index in [0.29, 0.717) is 24.1 Å². The van der Waals surface area contributed by atoms with Crippen LogP contribution in [0, 0.1) is 6.92 Å². The van der Waals surface area contributed by atoms with Crippen LogP contribution in [0.15, 0.2) is 53.3 Å². The van der Waals surface area contributed by atoms with Gasteiger partial charge in [-0.05, 0) is 30.7 Å². The van der Waals surface area contributed by atoms with E-state index in [9.17, 15) is 9.59 Å². The number of aromatic nitrogens is 3. The zero-order valence-electron chi connectivity index (χ0n) is 14.5. The maximum atomic E-state index is 12.3. The van der Waals surface area contributed by atoms with Crippen LogP contribution in [0.5, 0.6) is 5.75 Å². The monoisotopic (exact) mass is 352 g/mol. The number of fused-ring (bicyclic) bond motifs is 1. The number of amides is 1. The smallest absolute Gasteiger partial charge is 0.277 e. The Morgan fingerprint density at radius 1 is 1.15 bits per heavy atom. The van der Waals surface area contributed by atoms with Crippen LogP contribution in [-0.4, -0.2) is 34.1 Å². The Labute approximate surface area is 150 Å². The van der Waals surface area contributed by atoms with Crippen molar-refractivity contribution in [3.8, 4) is 5.75 Å². The number of rotatable bonds is 7. The first kappa shape index (κ1) is 17.6. The van der Waals surface area contributed by atoms with Crippen LogP contribution >= 0.6 is 0 Å². The second-order valence-corrected chi connectivity index (χ2v) is 5.85. The number of hydrogen-bond donors (Lipinski definition) is 1. The fraction of sp³-hybridized carbons (Fsp3) is 0.263. The third-order valence-electron chi connectivity index (χ3n) is 3.96. The van der Waals surface area contributed by atoms with Crippen LogP contribution in [0.4, 0.5) is 0 Å². The van der Waals surface area contributed by atoms with E-state index in [1.807, 2.05) is 31.2 Å². The summed E-state index contributed by atoms with van der Waals surface area (Å²) in [6.45, 7) is 2.93. The van der Waals surface area contributed by atoms with Crippen LogP contribution in [0.25, 0.3) is 10.9 Å². The Kier molecular flexibility index (Phi) is 5.58. The second kappa shape index (κ2) is 8.24. The van der Waals surface area contributed by atoms with Gasteiger partial charge in [0.15, 0.2) is 0 Å². The number of ether oxygens (including phenoxy) is 1. The average Bonchev–Trinajstić information content (AvgIpc) is 2.66. The molecule has 0 saturated heterocycles. The van der Waals surface area contributed by atoms with Gasteiger partial charge in [0.2, 0.25) is 5.91 Å². The number of hydrogen-bond acceptors (Lipinski definition) is 5. The third kappa shape index (κ3) is 4.24. The summed E-state index contributed by atoms with van der Waals surface area (Å²) in [4.78, 5) is 24.2.